The van der Waals surface area contributed by atoms with Crippen molar-refractivity contribution in [1.29, 1.82) is 0 Å². The summed E-state index contributed by atoms with van der Waals surface area (Å²) in [5.74, 6) is 0.743. The highest BCUT2D eigenvalue weighted by Gasteiger charge is 2.25. The van der Waals surface area contributed by atoms with Gasteiger partial charge in [-0.1, -0.05) is 13.8 Å². The van der Waals surface area contributed by atoms with Crippen LogP contribution in [0.2, 0.25) is 0 Å². The van der Waals surface area contributed by atoms with E-state index in [0.717, 1.165) is 12.8 Å². The molecule has 1 nitrogen and oxygen atoms in total. The van der Waals surface area contributed by atoms with E-state index in [-0.39, 0.29) is 17.7 Å². The largest absolute Gasteiger partial charge is 0.307 e. The van der Waals surface area contributed by atoms with Crippen LogP contribution < -0.4 is 5.32 Å². The SMILES string of the molecule is Cc1cc(F)c(C(C)NC2CC(C)CC(C)C2)cc1F. The van der Waals surface area contributed by atoms with Crippen molar-refractivity contribution in [2.45, 2.75) is 59.0 Å². The minimum absolute atomic E-state index is 0.160. The maximum absolute atomic E-state index is 14.0. The van der Waals surface area contributed by atoms with Crippen molar-refractivity contribution in [1.82, 2.24) is 5.32 Å². The fourth-order valence-corrected chi connectivity index (χ4v) is 3.52. The van der Waals surface area contributed by atoms with Gasteiger partial charge in [-0.05, 0) is 62.6 Å². The number of aryl methyl sites for hydroxylation is 1. The van der Waals surface area contributed by atoms with Crippen LogP contribution in [-0.4, -0.2) is 6.04 Å². The predicted octanol–water partition coefficient (Wildman–Crippen LogP) is 4.75. The highest BCUT2D eigenvalue weighted by atomic mass is 19.1. The molecule has 0 aromatic heterocycles. The maximum atomic E-state index is 14.0. The molecule has 0 spiro atoms. The van der Waals surface area contributed by atoms with Gasteiger partial charge in [-0.25, -0.2) is 8.78 Å². The first-order valence-corrected chi connectivity index (χ1v) is 7.58. The van der Waals surface area contributed by atoms with Gasteiger partial charge in [0.2, 0.25) is 0 Å². The summed E-state index contributed by atoms with van der Waals surface area (Å²) in [6.07, 6.45) is 3.50. The molecule has 20 heavy (non-hydrogen) atoms. The third-order valence-corrected chi connectivity index (χ3v) is 4.41. The Balaban J connectivity index is 2.08. The Labute approximate surface area is 120 Å². The number of nitrogens with one attached hydrogen (secondary N) is 1. The molecular formula is C17H25F2N. The van der Waals surface area contributed by atoms with Gasteiger partial charge < -0.3 is 5.32 Å². The fourth-order valence-electron chi connectivity index (χ4n) is 3.52. The van der Waals surface area contributed by atoms with E-state index in [1.165, 1.54) is 18.6 Å². The molecule has 0 aliphatic heterocycles. The average molecular weight is 281 g/mol. The van der Waals surface area contributed by atoms with E-state index in [1.807, 2.05) is 6.92 Å². The Kier molecular flexibility index (Phi) is 4.79. The molecule has 3 unspecified atom stereocenters. The summed E-state index contributed by atoms with van der Waals surface area (Å²) in [6.45, 7) is 8.03. The zero-order valence-corrected chi connectivity index (χ0v) is 12.8. The lowest BCUT2D eigenvalue weighted by atomic mass is 9.80. The second-order valence-electron chi connectivity index (χ2n) is 6.63. The summed E-state index contributed by atoms with van der Waals surface area (Å²) in [5.41, 5.74) is 0.789. The average Bonchev–Trinajstić information content (AvgIpc) is 2.32. The minimum atomic E-state index is -0.333. The molecule has 0 heterocycles. The van der Waals surface area contributed by atoms with Crippen LogP contribution in [0.1, 0.15) is 57.2 Å². The maximum Gasteiger partial charge on any atom is 0.128 e. The van der Waals surface area contributed by atoms with Crippen LogP contribution >= 0.6 is 0 Å². The van der Waals surface area contributed by atoms with E-state index in [4.69, 9.17) is 0 Å². The van der Waals surface area contributed by atoms with Crippen molar-refractivity contribution >= 4 is 0 Å². The quantitative estimate of drug-likeness (QED) is 0.843. The molecule has 1 N–H and O–H groups in total. The topological polar surface area (TPSA) is 12.0 Å². The van der Waals surface area contributed by atoms with E-state index in [9.17, 15) is 8.78 Å². The molecule has 3 atom stereocenters. The molecule has 1 aromatic rings. The minimum Gasteiger partial charge on any atom is -0.307 e. The molecule has 0 saturated heterocycles. The van der Waals surface area contributed by atoms with Crippen LogP contribution in [-0.2, 0) is 0 Å². The van der Waals surface area contributed by atoms with Crippen LogP contribution in [0.25, 0.3) is 0 Å². The van der Waals surface area contributed by atoms with Crippen molar-refractivity contribution in [3.05, 3.63) is 34.9 Å². The van der Waals surface area contributed by atoms with E-state index in [0.29, 0.717) is 29.0 Å². The van der Waals surface area contributed by atoms with Gasteiger partial charge in [-0.15, -0.1) is 0 Å². The summed E-state index contributed by atoms with van der Waals surface area (Å²) >= 11 is 0. The molecule has 112 valence electrons. The van der Waals surface area contributed by atoms with Crippen molar-refractivity contribution in [2.24, 2.45) is 11.8 Å². The third kappa shape index (κ3) is 3.57. The van der Waals surface area contributed by atoms with Gasteiger partial charge in [0.15, 0.2) is 0 Å². The fraction of sp³-hybridized carbons (Fsp3) is 0.647. The molecule has 3 heteroatoms. The van der Waals surface area contributed by atoms with E-state index < -0.39 is 0 Å². The molecule has 0 radical (unpaired) electrons. The predicted molar refractivity (Wildman–Crippen MR) is 78.6 cm³/mol. The normalized spacial score (nSPS) is 28.4. The Morgan fingerprint density at radius 3 is 2.25 bits per heavy atom. The molecule has 1 aliphatic carbocycles. The lowest BCUT2D eigenvalue weighted by molar-refractivity contribution is 0.227. The zero-order chi connectivity index (χ0) is 14.9. The summed E-state index contributed by atoms with van der Waals surface area (Å²) in [7, 11) is 0. The second kappa shape index (κ2) is 6.21. The molecule has 1 saturated carbocycles. The Morgan fingerprint density at radius 2 is 1.65 bits per heavy atom. The number of hydrogen-bond acceptors (Lipinski definition) is 1. The van der Waals surface area contributed by atoms with Gasteiger partial charge in [0.05, 0.1) is 0 Å². The highest BCUT2D eigenvalue weighted by Crippen LogP contribution is 2.30. The Morgan fingerprint density at radius 1 is 1.05 bits per heavy atom. The molecule has 1 aliphatic rings. The van der Waals surface area contributed by atoms with Crippen molar-refractivity contribution in [3.63, 3.8) is 0 Å². The number of benzene rings is 1. The Hall–Kier alpha value is -0.960. The molecule has 1 aromatic carbocycles. The zero-order valence-electron chi connectivity index (χ0n) is 12.8. The second-order valence-corrected chi connectivity index (χ2v) is 6.63. The van der Waals surface area contributed by atoms with Crippen LogP contribution in [0.3, 0.4) is 0 Å². The highest BCUT2D eigenvalue weighted by molar-refractivity contribution is 5.27. The van der Waals surface area contributed by atoms with Crippen molar-refractivity contribution < 1.29 is 8.78 Å². The first kappa shape index (κ1) is 15.4. The molecule has 0 amide bonds. The number of rotatable bonds is 3. The van der Waals surface area contributed by atoms with Gasteiger partial charge in [-0.3, -0.25) is 0 Å². The van der Waals surface area contributed by atoms with Crippen molar-refractivity contribution in [3.8, 4) is 0 Å². The Bertz CT molecular complexity index is 462. The molecule has 1 fully saturated rings. The van der Waals surface area contributed by atoms with Crippen LogP contribution in [0.4, 0.5) is 8.78 Å². The van der Waals surface area contributed by atoms with E-state index >= 15 is 0 Å². The van der Waals surface area contributed by atoms with E-state index in [2.05, 4.69) is 19.2 Å². The molecule has 2 rings (SSSR count). The standard InChI is InChI=1S/C17H25F2N/c1-10-5-11(2)7-14(6-10)20-13(4)15-9-16(18)12(3)8-17(15)19/h8-11,13-14,20H,5-7H2,1-4H3. The van der Waals surface area contributed by atoms with Gasteiger partial charge in [0.25, 0.3) is 0 Å². The first-order valence-electron chi connectivity index (χ1n) is 7.58. The summed E-state index contributed by atoms with van der Waals surface area (Å²) in [4.78, 5) is 0. The first-order chi connectivity index (χ1) is 9.36. The summed E-state index contributed by atoms with van der Waals surface area (Å²) < 4.78 is 27.6. The third-order valence-electron chi connectivity index (χ3n) is 4.41. The van der Waals surface area contributed by atoms with Gasteiger partial charge in [0, 0.05) is 17.6 Å². The van der Waals surface area contributed by atoms with E-state index in [1.54, 1.807) is 6.92 Å². The van der Waals surface area contributed by atoms with Crippen LogP contribution in [0, 0.1) is 30.4 Å². The molecule has 0 bridgehead atoms. The monoisotopic (exact) mass is 281 g/mol. The number of hydrogen-bond donors (Lipinski definition) is 1. The summed E-state index contributed by atoms with van der Waals surface area (Å²) in [5, 5.41) is 3.48. The van der Waals surface area contributed by atoms with Crippen LogP contribution in [0.5, 0.6) is 0 Å². The number of halogens is 2. The summed E-state index contributed by atoms with van der Waals surface area (Å²) in [6, 6.07) is 2.85. The van der Waals surface area contributed by atoms with Crippen LogP contribution in [0.15, 0.2) is 12.1 Å². The van der Waals surface area contributed by atoms with Gasteiger partial charge >= 0.3 is 0 Å². The smallest absolute Gasteiger partial charge is 0.128 e. The lowest BCUT2D eigenvalue weighted by Crippen LogP contribution is -2.38. The van der Waals surface area contributed by atoms with Gasteiger partial charge in [-0.2, -0.15) is 0 Å². The molecular weight excluding hydrogens is 256 g/mol. The lowest BCUT2D eigenvalue weighted by Gasteiger charge is -2.34. The van der Waals surface area contributed by atoms with Gasteiger partial charge in [0.1, 0.15) is 11.6 Å². The van der Waals surface area contributed by atoms with Crippen molar-refractivity contribution in [2.75, 3.05) is 0 Å².